The van der Waals surface area contributed by atoms with Crippen LogP contribution in [0.2, 0.25) is 0 Å². The number of carbonyl (C=O) groups is 1. The number of hydrogen-bond donors (Lipinski definition) is 2. The lowest BCUT2D eigenvalue weighted by Crippen LogP contribution is -2.23. The molecular weight excluding hydrogens is 238 g/mol. The van der Waals surface area contributed by atoms with Gasteiger partial charge in [0.25, 0.3) is 0 Å². The molecule has 1 aromatic carbocycles. The molecule has 1 atom stereocenters. The summed E-state index contributed by atoms with van der Waals surface area (Å²) in [6, 6.07) is 6.59. The Morgan fingerprint density at radius 3 is 2.71 bits per heavy atom. The van der Waals surface area contributed by atoms with Gasteiger partial charge in [-0.15, -0.1) is 5.10 Å². The number of nitrogens with one attached hydrogen (secondary N) is 1. The van der Waals surface area contributed by atoms with Crippen LogP contribution in [0.5, 0.6) is 5.75 Å². The number of benzene rings is 1. The molecule has 2 rings (SSSR count). The summed E-state index contributed by atoms with van der Waals surface area (Å²) < 4.78 is 0. The van der Waals surface area contributed by atoms with E-state index in [-0.39, 0.29) is 16.9 Å². The van der Waals surface area contributed by atoms with Crippen LogP contribution in [0.1, 0.15) is 12.5 Å². The van der Waals surface area contributed by atoms with Crippen LogP contribution in [0.3, 0.4) is 0 Å². The molecule has 0 saturated carbocycles. The van der Waals surface area contributed by atoms with Crippen molar-refractivity contribution in [3.8, 4) is 5.75 Å². The standard InChI is InChI=1S/C11H11N3O2S/c1-7-10(16)13-11(17-7)14-12-6-8-2-4-9(15)5-3-8/h2-7,15H,1H3,(H,13,14,16)/b12-6-/t7-/m0/s1. The van der Waals surface area contributed by atoms with Gasteiger partial charge in [-0.05, 0) is 36.8 Å². The van der Waals surface area contributed by atoms with Gasteiger partial charge >= 0.3 is 0 Å². The van der Waals surface area contributed by atoms with Gasteiger partial charge in [0.2, 0.25) is 5.91 Å². The van der Waals surface area contributed by atoms with E-state index in [1.54, 1.807) is 30.5 Å². The van der Waals surface area contributed by atoms with Gasteiger partial charge in [-0.25, -0.2) is 0 Å². The third-order valence-corrected chi connectivity index (χ3v) is 3.11. The van der Waals surface area contributed by atoms with Gasteiger partial charge in [0.1, 0.15) is 5.75 Å². The third-order valence-electron chi connectivity index (χ3n) is 2.14. The number of carbonyl (C=O) groups excluding carboxylic acids is 1. The minimum atomic E-state index is -0.113. The van der Waals surface area contributed by atoms with E-state index in [2.05, 4.69) is 15.5 Å². The summed E-state index contributed by atoms with van der Waals surface area (Å²) in [5.74, 6) is 0.162. The van der Waals surface area contributed by atoms with Crippen molar-refractivity contribution in [2.75, 3.05) is 0 Å². The lowest BCUT2D eigenvalue weighted by molar-refractivity contribution is -0.118. The maximum Gasteiger partial charge on any atom is 0.239 e. The van der Waals surface area contributed by atoms with Crippen LogP contribution in [-0.4, -0.2) is 27.6 Å². The molecule has 0 unspecified atom stereocenters. The maximum atomic E-state index is 11.2. The van der Waals surface area contributed by atoms with Crippen LogP contribution in [0.25, 0.3) is 0 Å². The molecule has 1 saturated heterocycles. The van der Waals surface area contributed by atoms with E-state index in [4.69, 9.17) is 5.11 Å². The predicted molar refractivity (Wildman–Crippen MR) is 68.3 cm³/mol. The Labute approximate surface area is 103 Å². The zero-order chi connectivity index (χ0) is 12.3. The van der Waals surface area contributed by atoms with Crippen molar-refractivity contribution in [1.29, 1.82) is 0 Å². The third kappa shape index (κ3) is 3.07. The number of rotatable bonds is 2. The Hall–Kier alpha value is -1.82. The van der Waals surface area contributed by atoms with Crippen LogP contribution >= 0.6 is 11.8 Å². The molecule has 1 amide bonds. The van der Waals surface area contributed by atoms with Crippen LogP contribution < -0.4 is 5.32 Å². The highest BCUT2D eigenvalue weighted by Crippen LogP contribution is 2.18. The average Bonchev–Trinajstić information content (AvgIpc) is 2.61. The summed E-state index contributed by atoms with van der Waals surface area (Å²) in [7, 11) is 0. The Morgan fingerprint density at radius 1 is 1.41 bits per heavy atom. The van der Waals surface area contributed by atoms with Gasteiger partial charge in [0, 0.05) is 0 Å². The molecule has 6 heteroatoms. The van der Waals surface area contributed by atoms with Crippen LogP contribution in [-0.2, 0) is 4.79 Å². The molecule has 0 radical (unpaired) electrons. The molecule has 0 spiro atoms. The van der Waals surface area contributed by atoms with Crippen molar-refractivity contribution in [2.24, 2.45) is 10.2 Å². The Kier molecular flexibility index (Phi) is 3.43. The molecule has 1 aliphatic rings. The number of phenolic OH excluding ortho intramolecular Hbond substituents is 1. The number of amidine groups is 1. The first kappa shape index (κ1) is 11.7. The van der Waals surface area contributed by atoms with Crippen molar-refractivity contribution >= 4 is 29.1 Å². The zero-order valence-corrected chi connectivity index (χ0v) is 9.94. The fraction of sp³-hybridized carbons (Fsp3) is 0.182. The monoisotopic (exact) mass is 249 g/mol. The highest BCUT2D eigenvalue weighted by atomic mass is 32.2. The first-order valence-corrected chi connectivity index (χ1v) is 5.91. The van der Waals surface area contributed by atoms with Gasteiger partial charge in [0.05, 0.1) is 11.5 Å². The van der Waals surface area contributed by atoms with Crippen molar-refractivity contribution in [3.05, 3.63) is 29.8 Å². The van der Waals surface area contributed by atoms with Crippen LogP contribution in [0.15, 0.2) is 34.5 Å². The number of aromatic hydroxyl groups is 1. The zero-order valence-electron chi connectivity index (χ0n) is 9.12. The van der Waals surface area contributed by atoms with Gasteiger partial charge < -0.3 is 10.4 Å². The molecule has 2 N–H and O–H groups in total. The molecule has 5 nitrogen and oxygen atoms in total. The summed E-state index contributed by atoms with van der Waals surface area (Å²) in [5, 5.41) is 19.9. The SMILES string of the molecule is C[C@@H]1S/C(=N/N=C\c2ccc(O)cc2)NC1=O. The highest BCUT2D eigenvalue weighted by molar-refractivity contribution is 8.15. The normalized spacial score (nSPS) is 22.3. The van der Waals surface area contributed by atoms with E-state index < -0.39 is 0 Å². The van der Waals surface area contributed by atoms with Crippen LogP contribution in [0.4, 0.5) is 0 Å². The molecule has 1 aliphatic heterocycles. The van der Waals surface area contributed by atoms with Gasteiger partial charge in [0.15, 0.2) is 5.17 Å². The van der Waals surface area contributed by atoms with E-state index in [9.17, 15) is 4.79 Å². The molecular formula is C11H11N3O2S. The summed E-state index contributed by atoms with van der Waals surface area (Å²) in [6.07, 6.45) is 1.56. The minimum Gasteiger partial charge on any atom is -0.508 e. The molecule has 0 aromatic heterocycles. The maximum absolute atomic E-state index is 11.2. The van der Waals surface area contributed by atoms with E-state index >= 15 is 0 Å². The summed E-state index contributed by atoms with van der Waals surface area (Å²) in [4.78, 5) is 11.2. The fourth-order valence-corrected chi connectivity index (χ4v) is 1.97. The minimum absolute atomic E-state index is 0.0476. The first-order chi connectivity index (χ1) is 8.15. The van der Waals surface area contributed by atoms with Crippen molar-refractivity contribution in [3.63, 3.8) is 0 Å². The van der Waals surface area contributed by atoms with Crippen molar-refractivity contribution < 1.29 is 9.90 Å². The van der Waals surface area contributed by atoms with Crippen LogP contribution in [0, 0.1) is 0 Å². The molecule has 17 heavy (non-hydrogen) atoms. The second-order valence-corrected chi connectivity index (χ2v) is 4.82. The van der Waals surface area contributed by atoms with E-state index in [1.807, 2.05) is 6.92 Å². The van der Waals surface area contributed by atoms with E-state index in [0.717, 1.165) is 5.56 Å². The number of thioether (sulfide) groups is 1. The number of hydrogen-bond acceptors (Lipinski definition) is 5. The summed E-state index contributed by atoms with van der Waals surface area (Å²) in [6.45, 7) is 1.81. The molecule has 0 aliphatic carbocycles. The van der Waals surface area contributed by atoms with E-state index in [0.29, 0.717) is 5.17 Å². The molecule has 1 fully saturated rings. The van der Waals surface area contributed by atoms with Gasteiger partial charge in [-0.2, -0.15) is 5.10 Å². The number of phenols is 1. The highest BCUT2D eigenvalue weighted by Gasteiger charge is 2.25. The Bertz CT molecular complexity index is 482. The topological polar surface area (TPSA) is 74.1 Å². The predicted octanol–water partition coefficient (Wildman–Crippen LogP) is 1.33. The van der Waals surface area contributed by atoms with Gasteiger partial charge in [-0.1, -0.05) is 11.8 Å². The Balaban J connectivity index is 2.00. The first-order valence-electron chi connectivity index (χ1n) is 5.03. The molecule has 0 bridgehead atoms. The van der Waals surface area contributed by atoms with Crippen molar-refractivity contribution in [2.45, 2.75) is 12.2 Å². The summed E-state index contributed by atoms with van der Waals surface area (Å²) >= 11 is 1.35. The van der Waals surface area contributed by atoms with E-state index in [1.165, 1.54) is 11.8 Å². The molecule has 1 heterocycles. The second-order valence-electron chi connectivity index (χ2n) is 3.49. The lowest BCUT2D eigenvalue weighted by Gasteiger charge is -1.92. The Morgan fingerprint density at radius 2 is 2.12 bits per heavy atom. The summed E-state index contributed by atoms with van der Waals surface area (Å²) in [5.41, 5.74) is 0.828. The lowest BCUT2D eigenvalue weighted by atomic mass is 10.2. The quantitative estimate of drug-likeness (QED) is 0.613. The number of nitrogens with zero attached hydrogens (tertiary/aromatic N) is 2. The fourth-order valence-electron chi connectivity index (χ4n) is 1.21. The molecule has 1 aromatic rings. The molecule has 88 valence electrons. The second kappa shape index (κ2) is 5.01. The number of amides is 1. The largest absolute Gasteiger partial charge is 0.508 e. The van der Waals surface area contributed by atoms with Crippen molar-refractivity contribution in [1.82, 2.24) is 5.32 Å². The van der Waals surface area contributed by atoms with Gasteiger partial charge in [-0.3, -0.25) is 4.79 Å². The smallest absolute Gasteiger partial charge is 0.239 e. The average molecular weight is 249 g/mol.